The first kappa shape index (κ1) is 47.7. The molecule has 320 valence electrons. The molecule has 0 aromatic carbocycles. The fraction of sp³-hybridized carbons (Fsp3) is 0.468. The fourth-order valence-electron chi connectivity index (χ4n) is 5.32. The lowest BCUT2D eigenvalue weighted by Gasteiger charge is -2.39. The Kier molecular flexibility index (Phi) is 18.8. The number of hydrogen-bond donors (Lipinski definition) is 4. The minimum Gasteiger partial charge on any atom is -0.493 e. The monoisotopic (exact) mass is 837 g/mol. The highest BCUT2D eigenvalue weighted by atomic mass is 28.3. The molecule has 1 aliphatic rings. The number of ether oxygens (including phenoxy) is 5. The standard InChI is InChI=1S/C47H59N3O9Si/c1-8-10-24-55-39-29-35(48-36(30-39)21-22-37-31-40(56-25-11-9-2)32-38(49-37)23-28-60(6,7)47(3,4)5)20-19-34-17-16-18-42(50-34)57-26-14-12-13-15-27-58-46-45(54)44(53)43(52)41(33-51)59-46/h8-9,16-18,29-32,41,43-46,51-54H,1-2,10-15,24-27,33H2,3-7H3/t41-,43-,44+,45+,46?/m1/s1. The molecule has 0 bridgehead atoms. The number of aliphatic hydroxyl groups excluding tert-OH is 4. The predicted octanol–water partition coefficient (Wildman–Crippen LogP) is 5.74. The Morgan fingerprint density at radius 1 is 0.683 bits per heavy atom. The Morgan fingerprint density at radius 3 is 1.75 bits per heavy atom. The molecular weight excluding hydrogens is 779 g/mol. The van der Waals surface area contributed by atoms with Crippen molar-refractivity contribution in [1.82, 2.24) is 15.0 Å². The Bertz CT molecular complexity index is 2070. The molecule has 3 aromatic rings. The van der Waals surface area contributed by atoms with E-state index in [1.807, 2.05) is 18.2 Å². The van der Waals surface area contributed by atoms with Crippen LogP contribution in [-0.4, -0.2) is 107 Å². The molecule has 0 saturated carbocycles. The zero-order chi connectivity index (χ0) is 43.5. The van der Waals surface area contributed by atoms with Gasteiger partial charge < -0.3 is 44.1 Å². The van der Waals surface area contributed by atoms with Gasteiger partial charge in [-0.15, -0.1) is 18.7 Å². The van der Waals surface area contributed by atoms with Gasteiger partial charge in [0.2, 0.25) is 5.88 Å². The average Bonchev–Trinajstić information content (AvgIpc) is 3.22. The molecule has 13 heteroatoms. The lowest BCUT2D eigenvalue weighted by Crippen LogP contribution is -2.59. The molecule has 1 aliphatic heterocycles. The first-order valence-electron chi connectivity index (χ1n) is 20.3. The van der Waals surface area contributed by atoms with Gasteiger partial charge in [0.25, 0.3) is 0 Å². The van der Waals surface area contributed by atoms with Gasteiger partial charge in [-0.1, -0.05) is 64.4 Å². The van der Waals surface area contributed by atoms with Crippen LogP contribution in [0.15, 0.2) is 67.8 Å². The van der Waals surface area contributed by atoms with Crippen molar-refractivity contribution in [2.45, 2.75) is 108 Å². The molecule has 12 nitrogen and oxygen atoms in total. The van der Waals surface area contributed by atoms with Crippen LogP contribution < -0.4 is 14.2 Å². The largest absolute Gasteiger partial charge is 0.493 e. The third-order valence-corrected chi connectivity index (χ3v) is 14.4. The van der Waals surface area contributed by atoms with Crippen molar-refractivity contribution >= 4 is 8.07 Å². The van der Waals surface area contributed by atoms with Gasteiger partial charge in [-0.2, -0.15) is 0 Å². The van der Waals surface area contributed by atoms with Crippen molar-refractivity contribution in [2.24, 2.45) is 0 Å². The Morgan fingerprint density at radius 2 is 1.22 bits per heavy atom. The molecule has 4 rings (SSSR count). The van der Waals surface area contributed by atoms with E-state index in [0.29, 0.717) is 84.9 Å². The van der Waals surface area contributed by atoms with Gasteiger partial charge in [0.1, 0.15) is 72.5 Å². The maximum atomic E-state index is 10.1. The summed E-state index contributed by atoms with van der Waals surface area (Å²) < 4.78 is 28.8. The molecule has 5 atom stereocenters. The van der Waals surface area contributed by atoms with Gasteiger partial charge in [0.15, 0.2) is 6.29 Å². The molecule has 3 aromatic heterocycles. The molecule has 1 fully saturated rings. The van der Waals surface area contributed by atoms with E-state index in [0.717, 1.165) is 19.3 Å². The number of aliphatic hydroxyl groups is 4. The summed E-state index contributed by atoms with van der Waals surface area (Å²) in [7, 11) is -1.88. The van der Waals surface area contributed by atoms with Gasteiger partial charge in [0.05, 0.1) is 26.4 Å². The van der Waals surface area contributed by atoms with Crippen molar-refractivity contribution in [1.29, 1.82) is 0 Å². The molecule has 4 heterocycles. The zero-order valence-corrected chi connectivity index (χ0v) is 36.4. The number of aromatic nitrogens is 3. The molecule has 4 N–H and O–H groups in total. The molecule has 0 amide bonds. The first-order valence-corrected chi connectivity index (χ1v) is 23.3. The van der Waals surface area contributed by atoms with Gasteiger partial charge in [-0.3, -0.25) is 0 Å². The minimum absolute atomic E-state index is 0.102. The third kappa shape index (κ3) is 15.2. The van der Waals surface area contributed by atoms with Crippen molar-refractivity contribution in [3.63, 3.8) is 0 Å². The molecular formula is C47H59N3O9Si. The van der Waals surface area contributed by atoms with Crippen LogP contribution in [0.1, 0.15) is 87.8 Å². The van der Waals surface area contributed by atoms with E-state index in [4.69, 9.17) is 33.7 Å². The third-order valence-electron chi connectivity index (χ3n) is 9.94. The second kappa shape index (κ2) is 23.7. The van der Waals surface area contributed by atoms with Crippen molar-refractivity contribution in [2.75, 3.05) is 33.0 Å². The van der Waals surface area contributed by atoms with Crippen LogP contribution in [0.5, 0.6) is 17.4 Å². The van der Waals surface area contributed by atoms with Crippen LogP contribution in [-0.2, 0) is 9.47 Å². The summed E-state index contributed by atoms with van der Waals surface area (Å²) >= 11 is 0. The maximum Gasteiger partial charge on any atom is 0.214 e. The van der Waals surface area contributed by atoms with E-state index in [1.54, 1.807) is 36.4 Å². The molecule has 60 heavy (non-hydrogen) atoms. The summed E-state index contributed by atoms with van der Waals surface area (Å²) in [5.74, 6) is 17.4. The SMILES string of the molecule is C=CCCOc1cc(C#Cc2cc(OCCC=C)cc(C#C[Si](C)(C)C(C)(C)C)n2)nc(C#Cc2cccc(OCCCCCCOC3O[C@H](CO)[C@@H](O)[C@H](O)[C@@H]3O)n2)c1. The maximum absolute atomic E-state index is 10.1. The molecule has 0 aliphatic carbocycles. The van der Waals surface area contributed by atoms with E-state index in [1.165, 1.54) is 0 Å². The van der Waals surface area contributed by atoms with Crippen molar-refractivity contribution < 1.29 is 44.1 Å². The molecule has 0 radical (unpaired) electrons. The van der Waals surface area contributed by atoms with Crippen molar-refractivity contribution in [3.05, 3.63) is 96.2 Å². The van der Waals surface area contributed by atoms with Crippen LogP contribution >= 0.6 is 0 Å². The van der Waals surface area contributed by atoms with Crippen LogP contribution in [0, 0.1) is 35.1 Å². The van der Waals surface area contributed by atoms with Crippen molar-refractivity contribution in [3.8, 4) is 52.5 Å². The number of nitrogens with zero attached hydrogens (tertiary/aromatic N) is 3. The summed E-state index contributed by atoms with van der Waals surface area (Å²) in [5.41, 5.74) is 6.04. The number of hydrogen-bond acceptors (Lipinski definition) is 12. The van der Waals surface area contributed by atoms with E-state index in [9.17, 15) is 20.4 Å². The lowest BCUT2D eigenvalue weighted by molar-refractivity contribution is -0.301. The Labute approximate surface area is 356 Å². The second-order valence-corrected chi connectivity index (χ2v) is 20.8. The van der Waals surface area contributed by atoms with Gasteiger partial charge in [-0.25, -0.2) is 15.0 Å². The van der Waals surface area contributed by atoms with Crippen LogP contribution in [0.2, 0.25) is 18.1 Å². The van der Waals surface area contributed by atoms with Gasteiger partial charge in [0, 0.05) is 36.9 Å². The Hall–Kier alpha value is -5.01. The van der Waals surface area contributed by atoms with E-state index >= 15 is 0 Å². The highest BCUT2D eigenvalue weighted by Gasteiger charge is 2.44. The predicted molar refractivity (Wildman–Crippen MR) is 233 cm³/mol. The topological polar surface area (TPSA) is 166 Å². The van der Waals surface area contributed by atoms with Crippen LogP contribution in [0.3, 0.4) is 0 Å². The molecule has 0 spiro atoms. The minimum atomic E-state index is -1.88. The summed E-state index contributed by atoms with van der Waals surface area (Å²) in [6.07, 6.45) is 1.72. The average molecular weight is 838 g/mol. The molecule has 1 unspecified atom stereocenters. The summed E-state index contributed by atoms with van der Waals surface area (Å²) in [5, 5.41) is 39.4. The van der Waals surface area contributed by atoms with Crippen LogP contribution in [0.25, 0.3) is 0 Å². The number of unbranched alkanes of at least 4 members (excludes halogenated alkanes) is 3. The van der Waals surface area contributed by atoms with Crippen LogP contribution in [0.4, 0.5) is 0 Å². The second-order valence-electron chi connectivity index (χ2n) is 15.8. The first-order chi connectivity index (χ1) is 28.7. The normalized spacial score (nSPS) is 18.7. The lowest BCUT2D eigenvalue weighted by atomic mass is 9.99. The Balaban J connectivity index is 1.40. The van der Waals surface area contributed by atoms with E-state index < -0.39 is 45.4 Å². The number of rotatable bonds is 18. The fourth-order valence-corrected chi connectivity index (χ4v) is 6.14. The number of pyridine rings is 3. The summed E-state index contributed by atoms with van der Waals surface area (Å²) in [6.45, 7) is 19.9. The summed E-state index contributed by atoms with van der Waals surface area (Å²) in [4.78, 5) is 14.0. The molecule has 1 saturated heterocycles. The summed E-state index contributed by atoms with van der Waals surface area (Å²) in [6, 6.07) is 12.6. The van der Waals surface area contributed by atoms with E-state index in [-0.39, 0.29) is 11.6 Å². The highest BCUT2D eigenvalue weighted by molar-refractivity contribution is 6.87. The quantitative estimate of drug-likeness (QED) is 0.0533. The van der Waals surface area contributed by atoms with Gasteiger partial charge in [-0.05, 0) is 66.9 Å². The highest BCUT2D eigenvalue weighted by Crippen LogP contribution is 2.35. The zero-order valence-electron chi connectivity index (χ0n) is 35.4. The smallest absolute Gasteiger partial charge is 0.214 e. The van der Waals surface area contributed by atoms with E-state index in [2.05, 4.69) is 87.2 Å². The van der Waals surface area contributed by atoms with Gasteiger partial charge >= 0.3 is 0 Å².